The van der Waals surface area contributed by atoms with Gasteiger partial charge in [-0.25, -0.2) is 0 Å². The van der Waals surface area contributed by atoms with E-state index in [9.17, 15) is 4.79 Å². The van der Waals surface area contributed by atoms with Crippen LogP contribution in [0.1, 0.15) is 5.56 Å². The Labute approximate surface area is 142 Å². The van der Waals surface area contributed by atoms with Crippen LogP contribution >= 0.6 is 0 Å². The minimum Gasteiger partial charge on any atom is -0.454 e. The topological polar surface area (TPSA) is 58.9 Å². The van der Waals surface area contributed by atoms with Crippen molar-refractivity contribution in [2.24, 2.45) is 0 Å². The van der Waals surface area contributed by atoms with E-state index in [0.717, 1.165) is 34.6 Å². The van der Waals surface area contributed by atoms with Gasteiger partial charge >= 0.3 is 0 Å². The highest BCUT2D eigenvalue weighted by molar-refractivity contribution is 5.93. The van der Waals surface area contributed by atoms with Crippen molar-refractivity contribution in [3.63, 3.8) is 0 Å². The maximum absolute atomic E-state index is 13.1. The summed E-state index contributed by atoms with van der Waals surface area (Å²) in [5.41, 5.74) is 3.05. The standard InChI is InChI=1S/C19H13NO5/c21-19-17-11(1-2-14-18(17)25-9-22-14)5-13-12-7-16-15(23-8-24-16)6-10(12)3-4-20(13)19/h1-2,5-7H,3-4,8-9H2. The molecule has 6 rings (SSSR count). The molecule has 3 aromatic rings. The molecule has 0 saturated carbocycles. The Balaban J connectivity index is 1.67. The van der Waals surface area contributed by atoms with Crippen LogP contribution in [0.4, 0.5) is 0 Å². The van der Waals surface area contributed by atoms with Gasteiger partial charge in [-0.05, 0) is 41.6 Å². The molecule has 0 fully saturated rings. The highest BCUT2D eigenvalue weighted by atomic mass is 16.7. The van der Waals surface area contributed by atoms with Crippen LogP contribution in [0.3, 0.4) is 0 Å². The quantitative estimate of drug-likeness (QED) is 0.632. The van der Waals surface area contributed by atoms with E-state index in [1.165, 1.54) is 5.56 Å². The van der Waals surface area contributed by atoms with Crippen LogP contribution in [0, 0.1) is 0 Å². The Morgan fingerprint density at radius 2 is 1.68 bits per heavy atom. The molecule has 25 heavy (non-hydrogen) atoms. The number of hydrogen-bond donors (Lipinski definition) is 0. The van der Waals surface area contributed by atoms with Crippen LogP contribution in [0.5, 0.6) is 23.0 Å². The molecule has 6 heteroatoms. The van der Waals surface area contributed by atoms with Crippen molar-refractivity contribution in [1.82, 2.24) is 4.57 Å². The number of ether oxygens (including phenoxy) is 4. The number of nitrogens with zero attached hydrogens (tertiary/aromatic N) is 1. The van der Waals surface area contributed by atoms with Crippen LogP contribution in [-0.2, 0) is 13.0 Å². The van der Waals surface area contributed by atoms with Crippen molar-refractivity contribution >= 4 is 10.8 Å². The fourth-order valence-electron chi connectivity index (χ4n) is 3.90. The van der Waals surface area contributed by atoms with E-state index in [1.54, 1.807) is 0 Å². The van der Waals surface area contributed by atoms with Gasteiger partial charge in [-0.1, -0.05) is 6.07 Å². The number of aryl methyl sites for hydroxylation is 1. The SMILES string of the molecule is O=c1c2c3c(ccc2cc2n1CCc1cc4c(cc1-2)OCO4)OCO3. The van der Waals surface area contributed by atoms with Crippen molar-refractivity contribution in [2.75, 3.05) is 13.6 Å². The minimum atomic E-state index is -0.0434. The van der Waals surface area contributed by atoms with Crippen molar-refractivity contribution in [2.45, 2.75) is 13.0 Å². The highest BCUT2D eigenvalue weighted by Crippen LogP contribution is 2.43. The maximum atomic E-state index is 13.1. The average Bonchev–Trinajstić information content (AvgIpc) is 3.28. The van der Waals surface area contributed by atoms with Gasteiger partial charge in [0.2, 0.25) is 13.6 Å². The van der Waals surface area contributed by atoms with Gasteiger partial charge in [-0.15, -0.1) is 0 Å². The summed E-state index contributed by atoms with van der Waals surface area (Å²) >= 11 is 0. The second-order valence-electron chi connectivity index (χ2n) is 6.36. The Bertz CT molecular complexity index is 1130. The summed E-state index contributed by atoms with van der Waals surface area (Å²) in [5.74, 6) is 2.68. The molecule has 0 bridgehead atoms. The largest absolute Gasteiger partial charge is 0.454 e. The summed E-state index contributed by atoms with van der Waals surface area (Å²) in [6, 6.07) is 9.80. The van der Waals surface area contributed by atoms with Gasteiger partial charge in [0.05, 0.1) is 11.1 Å². The van der Waals surface area contributed by atoms with Gasteiger partial charge < -0.3 is 23.5 Å². The van der Waals surface area contributed by atoms with Crippen LogP contribution in [-0.4, -0.2) is 18.2 Å². The van der Waals surface area contributed by atoms with Crippen molar-refractivity contribution < 1.29 is 18.9 Å². The number of hydrogen-bond acceptors (Lipinski definition) is 5. The lowest BCUT2D eigenvalue weighted by atomic mass is 9.95. The van der Waals surface area contributed by atoms with E-state index in [-0.39, 0.29) is 19.1 Å². The molecule has 0 unspecified atom stereocenters. The predicted molar refractivity (Wildman–Crippen MR) is 89.6 cm³/mol. The fraction of sp³-hybridized carbons (Fsp3) is 0.211. The Morgan fingerprint density at radius 3 is 2.60 bits per heavy atom. The molecule has 0 radical (unpaired) electrons. The minimum absolute atomic E-state index is 0.0434. The zero-order valence-corrected chi connectivity index (χ0v) is 13.2. The monoisotopic (exact) mass is 335 g/mol. The molecule has 3 aliphatic rings. The molecule has 0 spiro atoms. The molecular weight excluding hydrogens is 322 g/mol. The second-order valence-corrected chi connectivity index (χ2v) is 6.36. The van der Waals surface area contributed by atoms with Crippen LogP contribution in [0.2, 0.25) is 0 Å². The summed E-state index contributed by atoms with van der Waals surface area (Å²) < 4.78 is 23.8. The first-order chi connectivity index (χ1) is 12.3. The molecule has 0 N–H and O–H groups in total. The first-order valence-corrected chi connectivity index (χ1v) is 8.19. The Kier molecular flexibility index (Phi) is 2.36. The smallest absolute Gasteiger partial charge is 0.262 e. The molecule has 6 nitrogen and oxygen atoms in total. The van der Waals surface area contributed by atoms with Gasteiger partial charge in [0.15, 0.2) is 23.0 Å². The lowest BCUT2D eigenvalue weighted by Gasteiger charge is -2.23. The maximum Gasteiger partial charge on any atom is 0.262 e. The second kappa shape index (κ2) is 4.47. The number of rotatable bonds is 0. The summed E-state index contributed by atoms with van der Waals surface area (Å²) in [4.78, 5) is 13.1. The van der Waals surface area contributed by atoms with Crippen LogP contribution < -0.4 is 24.5 Å². The zero-order valence-electron chi connectivity index (χ0n) is 13.2. The predicted octanol–water partition coefficient (Wildman–Crippen LogP) is 2.68. The van der Waals surface area contributed by atoms with Crippen molar-refractivity contribution in [3.8, 4) is 34.3 Å². The van der Waals surface area contributed by atoms with Gasteiger partial charge in [0.1, 0.15) is 0 Å². The summed E-state index contributed by atoms with van der Waals surface area (Å²) in [7, 11) is 0. The molecule has 2 aromatic carbocycles. The molecule has 0 saturated heterocycles. The normalized spacial score (nSPS) is 16.0. The van der Waals surface area contributed by atoms with E-state index in [0.29, 0.717) is 23.4 Å². The van der Waals surface area contributed by atoms with Gasteiger partial charge in [0, 0.05) is 12.1 Å². The van der Waals surface area contributed by atoms with E-state index in [4.69, 9.17) is 18.9 Å². The van der Waals surface area contributed by atoms with E-state index >= 15 is 0 Å². The number of aromatic nitrogens is 1. The molecule has 1 aromatic heterocycles. The van der Waals surface area contributed by atoms with Crippen LogP contribution in [0.25, 0.3) is 22.0 Å². The number of fused-ring (bicyclic) bond motifs is 7. The lowest BCUT2D eigenvalue weighted by Crippen LogP contribution is -2.26. The molecule has 124 valence electrons. The summed E-state index contributed by atoms with van der Waals surface area (Å²) in [6.07, 6.45) is 0.775. The Morgan fingerprint density at radius 1 is 0.880 bits per heavy atom. The number of pyridine rings is 1. The molecule has 4 heterocycles. The van der Waals surface area contributed by atoms with Crippen molar-refractivity contribution in [1.29, 1.82) is 0 Å². The first kappa shape index (κ1) is 13.2. The van der Waals surface area contributed by atoms with Gasteiger partial charge in [0.25, 0.3) is 5.56 Å². The van der Waals surface area contributed by atoms with E-state index in [2.05, 4.69) is 0 Å². The van der Waals surface area contributed by atoms with E-state index in [1.807, 2.05) is 34.9 Å². The third-order valence-electron chi connectivity index (χ3n) is 5.09. The lowest BCUT2D eigenvalue weighted by molar-refractivity contribution is 0.174. The number of benzene rings is 2. The third kappa shape index (κ3) is 1.66. The van der Waals surface area contributed by atoms with E-state index < -0.39 is 0 Å². The molecule has 3 aliphatic heterocycles. The summed E-state index contributed by atoms with van der Waals surface area (Å²) in [5, 5.41) is 1.44. The first-order valence-electron chi connectivity index (χ1n) is 8.19. The molecule has 0 atom stereocenters. The zero-order chi connectivity index (χ0) is 16.5. The van der Waals surface area contributed by atoms with Gasteiger partial charge in [-0.3, -0.25) is 4.79 Å². The third-order valence-corrected chi connectivity index (χ3v) is 5.09. The molecule has 0 aliphatic carbocycles. The fourth-order valence-corrected chi connectivity index (χ4v) is 3.90. The average molecular weight is 335 g/mol. The molecular formula is C19H13NO5. The highest BCUT2D eigenvalue weighted by Gasteiger charge is 2.26. The summed E-state index contributed by atoms with van der Waals surface area (Å²) in [6.45, 7) is 1.02. The Hall–Kier alpha value is -3.15. The van der Waals surface area contributed by atoms with Crippen LogP contribution in [0.15, 0.2) is 35.1 Å². The van der Waals surface area contributed by atoms with Gasteiger partial charge in [-0.2, -0.15) is 0 Å². The van der Waals surface area contributed by atoms with Crippen molar-refractivity contribution in [3.05, 3.63) is 46.2 Å². The molecule has 0 amide bonds.